The van der Waals surface area contributed by atoms with Crippen molar-refractivity contribution in [2.75, 3.05) is 7.05 Å². The highest BCUT2D eigenvalue weighted by atomic mass is 16.6. The molecule has 0 heterocycles. The van der Waals surface area contributed by atoms with Crippen molar-refractivity contribution in [2.45, 2.75) is 33.4 Å². The van der Waals surface area contributed by atoms with Crippen LogP contribution in [0, 0.1) is 16.0 Å². The number of hydrogen-bond donors (Lipinski definition) is 1. The molecule has 7 nitrogen and oxygen atoms in total. The van der Waals surface area contributed by atoms with E-state index in [2.05, 4.69) is 5.32 Å². The van der Waals surface area contributed by atoms with Crippen molar-refractivity contribution in [2.24, 2.45) is 5.92 Å². The lowest BCUT2D eigenvalue weighted by atomic mass is 10.0. The maximum Gasteiger partial charge on any atom is 0.274 e. The average Bonchev–Trinajstić information content (AvgIpc) is 2.43. The van der Waals surface area contributed by atoms with Gasteiger partial charge in [0.05, 0.1) is 11.5 Å². The molecule has 0 saturated heterocycles. The lowest BCUT2D eigenvalue weighted by Crippen LogP contribution is -2.49. The number of nitro benzene ring substituents is 1. The highest BCUT2D eigenvalue weighted by molar-refractivity contribution is 5.87. The average molecular weight is 307 g/mol. The molecule has 1 rings (SSSR count). The van der Waals surface area contributed by atoms with Crippen LogP contribution in [-0.4, -0.2) is 34.7 Å². The van der Waals surface area contributed by atoms with E-state index >= 15 is 0 Å². The molecule has 1 aromatic carbocycles. The van der Waals surface area contributed by atoms with Crippen LogP contribution in [0.15, 0.2) is 24.3 Å². The van der Waals surface area contributed by atoms with Gasteiger partial charge in [-0.05, 0) is 5.92 Å². The molecule has 22 heavy (non-hydrogen) atoms. The summed E-state index contributed by atoms with van der Waals surface area (Å²) in [6.45, 7) is 5.12. The number of nitrogens with zero attached hydrogens (tertiary/aromatic N) is 2. The lowest BCUT2D eigenvalue weighted by Gasteiger charge is -2.26. The normalized spacial score (nSPS) is 11.9. The number of carbonyl (C=O) groups is 2. The molecular formula is C15H21N3O4. The molecule has 0 spiro atoms. The van der Waals surface area contributed by atoms with E-state index in [9.17, 15) is 19.7 Å². The van der Waals surface area contributed by atoms with Crippen LogP contribution in [0.4, 0.5) is 5.69 Å². The van der Waals surface area contributed by atoms with E-state index in [1.165, 1.54) is 17.9 Å². The number of nitro groups is 1. The molecule has 1 N–H and O–H groups in total. The second-order valence-electron chi connectivity index (χ2n) is 5.50. The summed E-state index contributed by atoms with van der Waals surface area (Å²) in [6, 6.07) is 5.64. The van der Waals surface area contributed by atoms with E-state index in [0.29, 0.717) is 5.56 Å². The number of likely N-dealkylation sites (N-methyl/N-ethyl adjacent to an activating group) is 1. The van der Waals surface area contributed by atoms with Crippen molar-refractivity contribution in [3.63, 3.8) is 0 Å². The van der Waals surface area contributed by atoms with Gasteiger partial charge < -0.3 is 10.2 Å². The maximum absolute atomic E-state index is 12.4. The molecular weight excluding hydrogens is 286 g/mol. The Morgan fingerprint density at radius 2 is 1.91 bits per heavy atom. The first-order chi connectivity index (χ1) is 10.2. The van der Waals surface area contributed by atoms with Crippen LogP contribution in [0.3, 0.4) is 0 Å². The SMILES string of the molecule is CC(=O)N[C@@H](C(=O)N(C)Cc1ccccc1[N+](=O)[O-])C(C)C. The fourth-order valence-electron chi connectivity index (χ4n) is 2.13. The Labute approximate surface area is 129 Å². The van der Waals surface area contributed by atoms with Crippen LogP contribution >= 0.6 is 0 Å². The first kappa shape index (κ1) is 17.6. The molecule has 1 atom stereocenters. The molecule has 0 saturated carbocycles. The smallest absolute Gasteiger partial charge is 0.274 e. The number of carbonyl (C=O) groups excluding carboxylic acids is 2. The van der Waals surface area contributed by atoms with Gasteiger partial charge in [-0.3, -0.25) is 19.7 Å². The van der Waals surface area contributed by atoms with Crippen molar-refractivity contribution < 1.29 is 14.5 Å². The lowest BCUT2D eigenvalue weighted by molar-refractivity contribution is -0.385. The van der Waals surface area contributed by atoms with Gasteiger partial charge in [0.15, 0.2) is 0 Å². The third kappa shape index (κ3) is 4.54. The first-order valence-electron chi connectivity index (χ1n) is 6.98. The third-order valence-corrected chi connectivity index (χ3v) is 3.26. The summed E-state index contributed by atoms with van der Waals surface area (Å²) in [5.41, 5.74) is 0.427. The van der Waals surface area contributed by atoms with Crippen LogP contribution in [0.1, 0.15) is 26.3 Å². The Bertz CT molecular complexity index is 572. The van der Waals surface area contributed by atoms with E-state index < -0.39 is 11.0 Å². The summed E-state index contributed by atoms with van der Waals surface area (Å²) in [7, 11) is 1.57. The number of amides is 2. The fraction of sp³-hybridized carbons (Fsp3) is 0.467. The number of para-hydroxylation sites is 1. The Balaban J connectivity index is 2.91. The molecule has 7 heteroatoms. The second kappa shape index (κ2) is 7.53. The molecule has 0 radical (unpaired) electrons. The van der Waals surface area contributed by atoms with Gasteiger partial charge in [-0.15, -0.1) is 0 Å². The number of hydrogen-bond acceptors (Lipinski definition) is 4. The molecule has 2 amide bonds. The van der Waals surface area contributed by atoms with E-state index in [1.807, 2.05) is 13.8 Å². The number of rotatable bonds is 6. The highest BCUT2D eigenvalue weighted by Gasteiger charge is 2.27. The summed E-state index contributed by atoms with van der Waals surface area (Å²) >= 11 is 0. The Morgan fingerprint density at radius 3 is 2.41 bits per heavy atom. The molecule has 0 bridgehead atoms. The summed E-state index contributed by atoms with van der Waals surface area (Å²) in [5, 5.41) is 13.6. The summed E-state index contributed by atoms with van der Waals surface area (Å²) in [5.74, 6) is -0.640. The quantitative estimate of drug-likeness (QED) is 0.639. The zero-order valence-corrected chi connectivity index (χ0v) is 13.2. The number of nitrogens with one attached hydrogen (secondary N) is 1. The topological polar surface area (TPSA) is 92.6 Å². The Morgan fingerprint density at radius 1 is 1.32 bits per heavy atom. The van der Waals surface area contributed by atoms with E-state index in [4.69, 9.17) is 0 Å². The molecule has 0 aliphatic carbocycles. The van der Waals surface area contributed by atoms with Crippen molar-refractivity contribution in [3.05, 3.63) is 39.9 Å². The molecule has 0 unspecified atom stereocenters. The van der Waals surface area contributed by atoms with Crippen LogP contribution < -0.4 is 5.32 Å². The fourth-order valence-corrected chi connectivity index (χ4v) is 2.13. The van der Waals surface area contributed by atoms with Crippen molar-refractivity contribution in [1.82, 2.24) is 10.2 Å². The van der Waals surface area contributed by atoms with Crippen LogP contribution in [0.25, 0.3) is 0 Å². The van der Waals surface area contributed by atoms with Crippen molar-refractivity contribution in [1.29, 1.82) is 0 Å². The van der Waals surface area contributed by atoms with Gasteiger partial charge in [-0.1, -0.05) is 32.0 Å². The van der Waals surface area contributed by atoms with Crippen molar-refractivity contribution in [3.8, 4) is 0 Å². The second-order valence-corrected chi connectivity index (χ2v) is 5.50. The largest absolute Gasteiger partial charge is 0.344 e. The molecule has 1 aromatic rings. The molecule has 0 aliphatic rings. The standard InChI is InChI=1S/C15H21N3O4/c1-10(2)14(16-11(3)19)15(20)17(4)9-12-7-5-6-8-13(12)18(21)22/h5-8,10,14H,9H2,1-4H3,(H,16,19)/t14-/m1/s1. The minimum Gasteiger partial charge on any atom is -0.344 e. The van der Waals surface area contributed by atoms with E-state index in [0.717, 1.165) is 0 Å². The monoisotopic (exact) mass is 307 g/mol. The maximum atomic E-state index is 12.4. The van der Waals surface area contributed by atoms with Gasteiger partial charge in [-0.25, -0.2) is 0 Å². The predicted octanol–water partition coefficient (Wildman–Crippen LogP) is 1.71. The zero-order chi connectivity index (χ0) is 16.9. The predicted molar refractivity (Wildman–Crippen MR) is 82.0 cm³/mol. The number of benzene rings is 1. The minimum absolute atomic E-state index is 0.0252. The van der Waals surface area contributed by atoms with E-state index in [1.54, 1.807) is 25.2 Å². The van der Waals surface area contributed by atoms with Gasteiger partial charge in [0, 0.05) is 25.6 Å². The van der Waals surface area contributed by atoms with Gasteiger partial charge in [0.1, 0.15) is 6.04 Å². The highest BCUT2D eigenvalue weighted by Crippen LogP contribution is 2.19. The molecule has 0 aromatic heterocycles. The third-order valence-electron chi connectivity index (χ3n) is 3.26. The molecule has 0 aliphatic heterocycles. The van der Waals surface area contributed by atoms with Gasteiger partial charge >= 0.3 is 0 Å². The molecule has 0 fully saturated rings. The zero-order valence-electron chi connectivity index (χ0n) is 13.2. The van der Waals surface area contributed by atoms with Crippen LogP contribution in [0.5, 0.6) is 0 Å². The molecule has 120 valence electrons. The minimum atomic E-state index is -0.648. The van der Waals surface area contributed by atoms with Gasteiger partial charge in [0.2, 0.25) is 11.8 Å². The Hall–Kier alpha value is -2.44. The van der Waals surface area contributed by atoms with E-state index in [-0.39, 0.29) is 30.0 Å². The summed E-state index contributed by atoms with van der Waals surface area (Å²) < 4.78 is 0. The van der Waals surface area contributed by atoms with Crippen LogP contribution in [0.2, 0.25) is 0 Å². The first-order valence-corrected chi connectivity index (χ1v) is 6.98. The summed E-state index contributed by atoms with van der Waals surface area (Å²) in [6.07, 6.45) is 0. The van der Waals surface area contributed by atoms with Gasteiger partial charge in [0.25, 0.3) is 5.69 Å². The van der Waals surface area contributed by atoms with Gasteiger partial charge in [-0.2, -0.15) is 0 Å². The van der Waals surface area contributed by atoms with Crippen LogP contribution in [-0.2, 0) is 16.1 Å². The summed E-state index contributed by atoms with van der Waals surface area (Å²) in [4.78, 5) is 35.6. The van der Waals surface area contributed by atoms with Crippen molar-refractivity contribution >= 4 is 17.5 Å². The Kier molecular flexibility index (Phi) is 6.03.